The summed E-state index contributed by atoms with van der Waals surface area (Å²) in [5.74, 6) is 2.15. The number of aromatic hydroxyl groups is 2. The first-order chi connectivity index (χ1) is 35.2. The maximum atomic E-state index is 12.6. The number of aryl methyl sites for hydroxylation is 2. The van der Waals surface area contributed by atoms with Crippen molar-refractivity contribution in [2.45, 2.75) is 219 Å². The van der Waals surface area contributed by atoms with Crippen molar-refractivity contribution in [3.05, 3.63) is 142 Å². The van der Waals surface area contributed by atoms with Gasteiger partial charge in [-0.2, -0.15) is 0 Å². The van der Waals surface area contributed by atoms with Crippen molar-refractivity contribution in [3.63, 3.8) is 0 Å². The summed E-state index contributed by atoms with van der Waals surface area (Å²) in [6, 6.07) is 35.4. The van der Waals surface area contributed by atoms with Crippen LogP contribution in [0.25, 0.3) is 44.5 Å². The Morgan fingerprint density at radius 2 is 0.623 bits per heavy atom. The SMILES string of the molecule is Cc1cc(-c2cc(C(C)(C)C)cc(C(C)(C)C)c2)c(O)c(-c2cc(C(C)(C)C)ccc2OC[CH2][Ge]([CH2]COc2ccc(C(C)(C)C)cc2-c2cc(C)cc(-c3cc(C(C)(C)C)cc(C(C)(C)C)c3)c2O)([CH](C)C)[CH](C)C)c1. The van der Waals surface area contributed by atoms with E-state index in [1.54, 1.807) is 0 Å². The Hall–Kier alpha value is -4.94. The van der Waals surface area contributed by atoms with Crippen molar-refractivity contribution in [3.8, 4) is 67.5 Å². The maximum absolute atomic E-state index is 12.6. The number of phenols is 2. The van der Waals surface area contributed by atoms with E-state index in [9.17, 15) is 10.2 Å². The molecule has 77 heavy (non-hydrogen) atoms. The Kier molecular flexibility index (Phi) is 17.7. The molecule has 6 aromatic carbocycles. The molecule has 0 aliphatic rings. The number of hydrogen-bond acceptors (Lipinski definition) is 4. The van der Waals surface area contributed by atoms with E-state index in [0.717, 1.165) is 77.6 Å². The van der Waals surface area contributed by atoms with E-state index in [0.29, 0.717) is 22.7 Å². The zero-order chi connectivity index (χ0) is 57.8. The Labute approximate surface area is 471 Å². The molecule has 0 atom stereocenters. The molecule has 0 bridgehead atoms. The van der Waals surface area contributed by atoms with E-state index in [-0.39, 0.29) is 44.0 Å². The van der Waals surface area contributed by atoms with Crippen LogP contribution in [0.15, 0.2) is 97.1 Å². The van der Waals surface area contributed by atoms with Crippen molar-refractivity contribution in [2.75, 3.05) is 13.2 Å². The van der Waals surface area contributed by atoms with Crippen LogP contribution in [0.4, 0.5) is 0 Å². The van der Waals surface area contributed by atoms with E-state index < -0.39 is 13.3 Å². The minimum absolute atomic E-state index is 0.0637. The van der Waals surface area contributed by atoms with E-state index in [1.165, 1.54) is 33.4 Å². The van der Waals surface area contributed by atoms with Gasteiger partial charge in [-0.1, -0.05) is 83.1 Å². The van der Waals surface area contributed by atoms with Gasteiger partial charge in [-0.25, -0.2) is 0 Å². The van der Waals surface area contributed by atoms with E-state index in [2.05, 4.69) is 263 Å². The number of rotatable bonds is 14. The predicted molar refractivity (Wildman–Crippen MR) is 336 cm³/mol. The molecule has 0 fully saturated rings. The zero-order valence-electron chi connectivity index (χ0n) is 52.4. The standard InChI is InChI=1S/C72H100GeO4/c1-45(2)73(46(3)4,29-31-76-63-27-25-51(67(7,8)9)43-59(63)61-35-47(5)33-57(65(61)74)49-37-53(69(13,14)15)41-54(38-49)70(16,17)18)30-32-77-64-28-26-52(68(10,11)12)44-60(64)62-36-48(6)34-58(66(62)75)50-39-55(71(19,20)21)42-56(40-50)72(22,23)24/h25-28,33-46,74-75H,29-32H2,1-24H3. The fraction of sp³-hybridized carbons (Fsp3) is 0.500. The second-order valence-corrected chi connectivity index (χ2v) is 41.8. The molecule has 6 aromatic rings. The number of benzene rings is 6. The average Bonchev–Trinajstić information content (AvgIpc) is 3.30. The van der Waals surface area contributed by atoms with Gasteiger partial charge >= 0.3 is 391 Å². The second-order valence-electron chi connectivity index (χ2n) is 29.7. The molecular weight excluding hydrogens is 1000 g/mol. The van der Waals surface area contributed by atoms with Crippen LogP contribution in [-0.2, 0) is 32.5 Å². The molecule has 0 radical (unpaired) electrons. The third kappa shape index (κ3) is 14.1. The van der Waals surface area contributed by atoms with E-state index >= 15 is 0 Å². The van der Waals surface area contributed by atoms with Crippen LogP contribution < -0.4 is 9.47 Å². The normalized spacial score (nSPS) is 13.2. The molecule has 0 spiro atoms. The van der Waals surface area contributed by atoms with Crippen LogP contribution in [0.3, 0.4) is 0 Å². The Morgan fingerprint density at radius 1 is 0.351 bits per heavy atom. The molecule has 0 aliphatic carbocycles. The monoisotopic (exact) mass is 1100 g/mol. The molecule has 0 amide bonds. The molecule has 0 saturated carbocycles. The molecular formula is C72H100GeO4. The molecule has 416 valence electrons. The molecule has 0 unspecified atom stereocenters. The summed E-state index contributed by atoms with van der Waals surface area (Å²) >= 11 is -2.81. The van der Waals surface area contributed by atoms with Crippen LogP contribution in [-0.4, -0.2) is 36.7 Å². The summed E-state index contributed by atoms with van der Waals surface area (Å²) in [7, 11) is 0. The average molecular weight is 1100 g/mol. The van der Waals surface area contributed by atoms with Crippen LogP contribution in [0.2, 0.25) is 20.0 Å². The first-order valence-corrected chi connectivity index (χ1v) is 34.2. The Balaban J connectivity index is 1.36. The molecule has 6 rings (SSSR count). The third-order valence-corrected chi connectivity index (χ3v) is 31.1. The summed E-state index contributed by atoms with van der Waals surface area (Å²) in [5.41, 5.74) is 16.2. The second kappa shape index (κ2) is 22.3. The van der Waals surface area contributed by atoms with Gasteiger partial charge in [0.05, 0.1) is 0 Å². The van der Waals surface area contributed by atoms with E-state index in [4.69, 9.17) is 9.47 Å². The molecule has 0 saturated heterocycles. The fourth-order valence-electron chi connectivity index (χ4n) is 11.0. The van der Waals surface area contributed by atoms with Crippen LogP contribution in [0.5, 0.6) is 23.0 Å². The van der Waals surface area contributed by atoms with E-state index in [1.807, 2.05) is 0 Å². The van der Waals surface area contributed by atoms with Gasteiger partial charge in [-0.3, -0.25) is 0 Å². The molecule has 0 aromatic heterocycles. The zero-order valence-corrected chi connectivity index (χ0v) is 54.5. The van der Waals surface area contributed by atoms with Crippen LogP contribution >= 0.6 is 0 Å². The van der Waals surface area contributed by atoms with Gasteiger partial charge < -0.3 is 0 Å². The van der Waals surface area contributed by atoms with Gasteiger partial charge in [0.2, 0.25) is 0 Å². The van der Waals surface area contributed by atoms with Gasteiger partial charge in [0.25, 0.3) is 0 Å². The summed E-state index contributed by atoms with van der Waals surface area (Å²) in [5, 5.41) is 27.1. The third-order valence-electron chi connectivity index (χ3n) is 16.7. The quantitative estimate of drug-likeness (QED) is 0.107. The van der Waals surface area contributed by atoms with Crippen molar-refractivity contribution >= 4 is 13.3 Å². The van der Waals surface area contributed by atoms with Crippen molar-refractivity contribution in [2.24, 2.45) is 0 Å². The topological polar surface area (TPSA) is 58.9 Å². The Morgan fingerprint density at radius 3 is 0.883 bits per heavy atom. The number of hydrogen-bond donors (Lipinski definition) is 2. The molecule has 5 heteroatoms. The van der Waals surface area contributed by atoms with Gasteiger partial charge in [-0.15, -0.1) is 0 Å². The minimum atomic E-state index is -2.81. The molecule has 0 aliphatic heterocycles. The first-order valence-electron chi connectivity index (χ1n) is 28.8. The van der Waals surface area contributed by atoms with Crippen molar-refractivity contribution in [1.82, 2.24) is 0 Å². The fourth-order valence-corrected chi connectivity index (χ4v) is 21.2. The summed E-state index contributed by atoms with van der Waals surface area (Å²) in [4.78, 5) is 0. The van der Waals surface area contributed by atoms with Crippen molar-refractivity contribution < 1.29 is 19.7 Å². The van der Waals surface area contributed by atoms with Gasteiger partial charge in [0.15, 0.2) is 0 Å². The summed E-state index contributed by atoms with van der Waals surface area (Å²) in [6.45, 7) is 55.7. The van der Waals surface area contributed by atoms with Gasteiger partial charge in [-0.05, 0) is 0 Å². The number of ether oxygens (including phenoxy) is 2. The van der Waals surface area contributed by atoms with Crippen LogP contribution in [0, 0.1) is 13.8 Å². The van der Waals surface area contributed by atoms with Crippen LogP contribution in [0.1, 0.15) is 197 Å². The molecule has 0 heterocycles. The van der Waals surface area contributed by atoms with Gasteiger partial charge in [0, 0.05) is 0 Å². The molecule has 2 N–H and O–H groups in total. The van der Waals surface area contributed by atoms with Gasteiger partial charge in [0.1, 0.15) is 0 Å². The predicted octanol–water partition coefficient (Wildman–Crippen LogP) is 20.9. The summed E-state index contributed by atoms with van der Waals surface area (Å²) in [6.07, 6.45) is 0. The number of phenolic OH excluding ortho intramolecular Hbond substituents is 2. The molecule has 4 nitrogen and oxygen atoms in total. The Bertz CT molecular complexity index is 2800. The first kappa shape index (κ1) is 61.3. The summed E-state index contributed by atoms with van der Waals surface area (Å²) < 4.78 is 15.2. The van der Waals surface area contributed by atoms with Crippen molar-refractivity contribution in [1.29, 1.82) is 0 Å².